The molecule has 1 aromatic heterocycles. The molecule has 0 aromatic carbocycles. The lowest BCUT2D eigenvalue weighted by Gasteiger charge is -2.21. The molecular weight excluding hydrogens is 252 g/mol. The second-order valence-corrected chi connectivity index (χ2v) is 4.90. The fourth-order valence-electron chi connectivity index (χ4n) is 2.10. The average molecular weight is 269 g/mol. The molecule has 6 heteroatoms. The van der Waals surface area contributed by atoms with Gasteiger partial charge in [0.1, 0.15) is 11.9 Å². The van der Waals surface area contributed by atoms with Gasteiger partial charge < -0.3 is 10.2 Å². The number of nitrogens with one attached hydrogen (secondary N) is 1. The van der Waals surface area contributed by atoms with Gasteiger partial charge in [-0.05, 0) is 38.3 Å². The van der Waals surface area contributed by atoms with Crippen LogP contribution in [0.2, 0.25) is 5.28 Å². The molecule has 0 bridgehead atoms. The van der Waals surface area contributed by atoms with Crippen molar-refractivity contribution in [2.24, 2.45) is 0 Å². The summed E-state index contributed by atoms with van der Waals surface area (Å²) in [7, 11) is 0. The molecule has 0 saturated carbocycles. The molecule has 18 heavy (non-hydrogen) atoms. The van der Waals surface area contributed by atoms with E-state index in [1.807, 2.05) is 18.7 Å². The van der Waals surface area contributed by atoms with Crippen molar-refractivity contribution in [3.8, 4) is 0 Å². The SMILES string of the molecule is Cc1cc(NC(C)C(=O)N2CCCC2)nc(Cl)n1. The topological polar surface area (TPSA) is 58.1 Å². The zero-order valence-electron chi connectivity index (χ0n) is 10.6. The molecule has 1 aliphatic heterocycles. The van der Waals surface area contributed by atoms with Crippen LogP contribution in [0.1, 0.15) is 25.5 Å². The summed E-state index contributed by atoms with van der Waals surface area (Å²) < 4.78 is 0. The van der Waals surface area contributed by atoms with Crippen LogP contribution < -0.4 is 5.32 Å². The summed E-state index contributed by atoms with van der Waals surface area (Å²) in [5.41, 5.74) is 0.776. The number of carbonyl (C=O) groups excluding carboxylic acids is 1. The fourth-order valence-corrected chi connectivity index (χ4v) is 2.33. The predicted octanol–water partition coefficient (Wildman–Crippen LogP) is 1.86. The van der Waals surface area contributed by atoms with Crippen LogP contribution in [0.15, 0.2) is 6.07 Å². The summed E-state index contributed by atoms with van der Waals surface area (Å²) >= 11 is 5.78. The first-order valence-corrected chi connectivity index (χ1v) is 6.50. The first-order chi connectivity index (χ1) is 8.56. The van der Waals surface area contributed by atoms with Crippen molar-refractivity contribution >= 4 is 23.3 Å². The van der Waals surface area contributed by atoms with E-state index in [9.17, 15) is 4.79 Å². The molecule has 0 aliphatic carbocycles. The first-order valence-electron chi connectivity index (χ1n) is 6.13. The van der Waals surface area contributed by atoms with E-state index in [1.165, 1.54) is 0 Å². The number of aromatic nitrogens is 2. The number of anilines is 1. The van der Waals surface area contributed by atoms with Crippen LogP contribution in [0.3, 0.4) is 0 Å². The average Bonchev–Trinajstić information content (AvgIpc) is 2.79. The smallest absolute Gasteiger partial charge is 0.244 e. The highest BCUT2D eigenvalue weighted by atomic mass is 35.5. The molecule has 1 atom stereocenters. The van der Waals surface area contributed by atoms with Gasteiger partial charge in [-0.25, -0.2) is 9.97 Å². The Morgan fingerprint density at radius 3 is 2.72 bits per heavy atom. The van der Waals surface area contributed by atoms with E-state index in [4.69, 9.17) is 11.6 Å². The molecule has 2 rings (SSSR count). The number of hydrogen-bond acceptors (Lipinski definition) is 4. The largest absolute Gasteiger partial charge is 0.358 e. The maximum absolute atomic E-state index is 12.1. The van der Waals surface area contributed by atoms with Gasteiger partial charge in [0.2, 0.25) is 11.2 Å². The van der Waals surface area contributed by atoms with Crippen LogP contribution >= 0.6 is 11.6 Å². The van der Waals surface area contributed by atoms with E-state index in [0.29, 0.717) is 5.82 Å². The highest BCUT2D eigenvalue weighted by molar-refractivity contribution is 6.28. The van der Waals surface area contributed by atoms with E-state index >= 15 is 0 Å². The van der Waals surface area contributed by atoms with Gasteiger partial charge >= 0.3 is 0 Å². The molecule has 1 fully saturated rings. The molecule has 1 aliphatic rings. The third-order valence-electron chi connectivity index (χ3n) is 2.98. The Kier molecular flexibility index (Phi) is 4.01. The molecule has 1 aromatic rings. The lowest BCUT2D eigenvalue weighted by molar-refractivity contribution is -0.130. The summed E-state index contributed by atoms with van der Waals surface area (Å²) in [6.45, 7) is 5.39. The highest BCUT2D eigenvalue weighted by Gasteiger charge is 2.23. The maximum atomic E-state index is 12.1. The molecule has 1 N–H and O–H groups in total. The number of aryl methyl sites for hydroxylation is 1. The minimum Gasteiger partial charge on any atom is -0.358 e. The van der Waals surface area contributed by atoms with Gasteiger partial charge in [-0.15, -0.1) is 0 Å². The molecular formula is C12H17ClN4O. The van der Waals surface area contributed by atoms with Crippen LogP contribution in [-0.2, 0) is 4.79 Å². The van der Waals surface area contributed by atoms with Crippen LogP contribution in [0, 0.1) is 6.92 Å². The van der Waals surface area contributed by atoms with Crippen molar-refractivity contribution in [1.82, 2.24) is 14.9 Å². The van der Waals surface area contributed by atoms with Crippen molar-refractivity contribution in [2.45, 2.75) is 32.7 Å². The zero-order chi connectivity index (χ0) is 13.1. The van der Waals surface area contributed by atoms with Crippen molar-refractivity contribution in [3.63, 3.8) is 0 Å². The van der Waals surface area contributed by atoms with Gasteiger partial charge in [0.05, 0.1) is 0 Å². The van der Waals surface area contributed by atoms with Crippen LogP contribution in [0.25, 0.3) is 0 Å². The van der Waals surface area contributed by atoms with E-state index in [2.05, 4.69) is 15.3 Å². The molecule has 98 valence electrons. The van der Waals surface area contributed by atoms with Crippen molar-refractivity contribution in [3.05, 3.63) is 17.0 Å². The first kappa shape index (κ1) is 13.1. The molecule has 2 heterocycles. The minimum absolute atomic E-state index is 0.111. The summed E-state index contributed by atoms with van der Waals surface area (Å²) in [5.74, 6) is 0.701. The highest BCUT2D eigenvalue weighted by Crippen LogP contribution is 2.14. The molecule has 0 spiro atoms. The van der Waals surface area contributed by atoms with E-state index in [1.54, 1.807) is 6.07 Å². The Hall–Kier alpha value is -1.36. The van der Waals surface area contributed by atoms with Gasteiger partial charge in [0.25, 0.3) is 0 Å². The summed E-state index contributed by atoms with van der Waals surface area (Å²) in [5, 5.41) is 3.27. The number of hydrogen-bond donors (Lipinski definition) is 1. The van der Waals surface area contributed by atoms with Gasteiger partial charge in [-0.1, -0.05) is 0 Å². The van der Waals surface area contributed by atoms with Crippen molar-refractivity contribution in [1.29, 1.82) is 0 Å². The van der Waals surface area contributed by atoms with Gasteiger partial charge in [-0.3, -0.25) is 4.79 Å². The number of halogens is 1. The Bertz CT molecular complexity index is 425. The number of likely N-dealkylation sites (tertiary alicyclic amines) is 1. The van der Waals surface area contributed by atoms with Crippen molar-refractivity contribution < 1.29 is 4.79 Å². The quantitative estimate of drug-likeness (QED) is 0.850. The Morgan fingerprint density at radius 2 is 2.11 bits per heavy atom. The number of nitrogens with zero attached hydrogens (tertiary/aromatic N) is 3. The molecule has 0 radical (unpaired) electrons. The Labute approximate surface area is 112 Å². The van der Waals surface area contributed by atoms with E-state index in [-0.39, 0.29) is 17.2 Å². The standard InChI is InChI=1S/C12H17ClN4O/c1-8-7-10(16-12(13)14-8)15-9(2)11(18)17-5-3-4-6-17/h7,9H,3-6H2,1-2H3,(H,14,15,16). The second kappa shape index (κ2) is 5.52. The van der Waals surface area contributed by atoms with Gasteiger partial charge in [0, 0.05) is 24.8 Å². The third-order valence-corrected chi connectivity index (χ3v) is 3.15. The number of rotatable bonds is 3. The normalized spacial score (nSPS) is 16.7. The zero-order valence-corrected chi connectivity index (χ0v) is 11.4. The number of carbonyl (C=O) groups is 1. The summed E-state index contributed by atoms with van der Waals surface area (Å²) in [4.78, 5) is 22.0. The predicted molar refractivity (Wildman–Crippen MR) is 70.7 cm³/mol. The number of amides is 1. The Balaban J connectivity index is 2.01. The molecule has 5 nitrogen and oxygen atoms in total. The molecule has 1 saturated heterocycles. The molecule has 1 amide bonds. The van der Waals surface area contributed by atoms with Crippen molar-refractivity contribution in [2.75, 3.05) is 18.4 Å². The lowest BCUT2D eigenvalue weighted by atomic mass is 10.3. The van der Waals surface area contributed by atoms with E-state index < -0.39 is 0 Å². The van der Waals surface area contributed by atoms with Crippen LogP contribution in [0.4, 0.5) is 5.82 Å². The fraction of sp³-hybridized carbons (Fsp3) is 0.583. The monoisotopic (exact) mass is 268 g/mol. The van der Waals surface area contributed by atoms with Gasteiger partial charge in [0.15, 0.2) is 0 Å². The minimum atomic E-state index is -0.298. The summed E-state index contributed by atoms with van der Waals surface area (Å²) in [6, 6.07) is 1.48. The maximum Gasteiger partial charge on any atom is 0.244 e. The second-order valence-electron chi connectivity index (χ2n) is 4.56. The van der Waals surface area contributed by atoms with Crippen LogP contribution in [-0.4, -0.2) is 39.9 Å². The lowest BCUT2D eigenvalue weighted by Crippen LogP contribution is -2.39. The van der Waals surface area contributed by atoms with E-state index in [0.717, 1.165) is 31.6 Å². The summed E-state index contributed by atoms with van der Waals surface area (Å²) in [6.07, 6.45) is 2.19. The van der Waals surface area contributed by atoms with Crippen LogP contribution in [0.5, 0.6) is 0 Å². The van der Waals surface area contributed by atoms with Gasteiger partial charge in [-0.2, -0.15) is 0 Å². The Morgan fingerprint density at radius 1 is 1.44 bits per heavy atom. The third kappa shape index (κ3) is 3.10. The molecule has 1 unspecified atom stereocenters.